The summed E-state index contributed by atoms with van der Waals surface area (Å²) in [5.41, 5.74) is 2.05. The number of hydrogen-bond donors (Lipinski definition) is 1. The van der Waals surface area contributed by atoms with Gasteiger partial charge in [-0.3, -0.25) is 9.79 Å². The Hall–Kier alpha value is -1.59. The first-order chi connectivity index (χ1) is 12.6. The molecular formula is C20H26ClN3OS. The molecule has 0 bridgehead atoms. The number of rotatable bonds is 5. The maximum absolute atomic E-state index is 12.3. The average molecular weight is 392 g/mol. The normalized spacial score (nSPS) is 16.5. The molecule has 1 aromatic heterocycles. The van der Waals surface area contributed by atoms with Gasteiger partial charge < -0.3 is 9.88 Å². The summed E-state index contributed by atoms with van der Waals surface area (Å²) < 4.78 is 2.07. The molecule has 0 atom stereocenters. The van der Waals surface area contributed by atoms with Gasteiger partial charge in [-0.1, -0.05) is 49.4 Å². The van der Waals surface area contributed by atoms with Gasteiger partial charge in [-0.15, -0.1) is 11.3 Å². The fourth-order valence-electron chi connectivity index (χ4n) is 3.25. The van der Waals surface area contributed by atoms with Crippen LogP contribution in [0.3, 0.4) is 0 Å². The van der Waals surface area contributed by atoms with Crippen LogP contribution < -0.4 is 10.1 Å². The van der Waals surface area contributed by atoms with Crippen molar-refractivity contribution in [2.24, 2.45) is 12.0 Å². The molecule has 1 fully saturated rings. The van der Waals surface area contributed by atoms with Gasteiger partial charge in [-0.25, -0.2) is 0 Å². The predicted molar refractivity (Wildman–Crippen MR) is 107 cm³/mol. The van der Waals surface area contributed by atoms with Gasteiger partial charge in [-0.2, -0.15) is 0 Å². The van der Waals surface area contributed by atoms with Crippen molar-refractivity contribution in [3.63, 3.8) is 0 Å². The standard InChI is InChI=1S/C20H26ClN3OS/c1-24-18(12-19(25)22-13-15-8-10-16(21)11-9-15)14-26-20(24)23-17-6-4-2-3-5-7-17/h8-11,14,17H,2-7,12-13H2,1H3,(H,22,25). The molecule has 26 heavy (non-hydrogen) atoms. The number of carbonyl (C=O) groups excluding carboxylic acids is 1. The van der Waals surface area contributed by atoms with Crippen molar-refractivity contribution < 1.29 is 4.79 Å². The number of nitrogens with zero attached hydrogens (tertiary/aromatic N) is 2. The van der Waals surface area contributed by atoms with E-state index in [1.54, 1.807) is 11.3 Å². The summed E-state index contributed by atoms with van der Waals surface area (Å²) in [7, 11) is 2.01. The topological polar surface area (TPSA) is 46.4 Å². The van der Waals surface area contributed by atoms with E-state index in [2.05, 4.69) is 15.3 Å². The molecule has 0 spiro atoms. The first-order valence-electron chi connectivity index (χ1n) is 9.30. The Bertz CT molecular complexity index is 786. The lowest BCUT2D eigenvalue weighted by Gasteiger charge is -2.08. The number of benzene rings is 1. The zero-order valence-electron chi connectivity index (χ0n) is 15.2. The van der Waals surface area contributed by atoms with E-state index in [4.69, 9.17) is 16.6 Å². The molecule has 3 rings (SSSR count). The molecule has 1 saturated carbocycles. The molecule has 0 unspecified atom stereocenters. The lowest BCUT2D eigenvalue weighted by atomic mass is 10.1. The molecule has 140 valence electrons. The third kappa shape index (κ3) is 5.45. The highest BCUT2D eigenvalue weighted by atomic mass is 35.5. The van der Waals surface area contributed by atoms with Crippen LogP contribution in [0.2, 0.25) is 5.02 Å². The molecule has 1 aromatic carbocycles. The van der Waals surface area contributed by atoms with Gasteiger partial charge in [0.1, 0.15) is 0 Å². The highest BCUT2D eigenvalue weighted by Gasteiger charge is 2.12. The third-order valence-electron chi connectivity index (χ3n) is 4.88. The van der Waals surface area contributed by atoms with Gasteiger partial charge in [0.15, 0.2) is 4.80 Å². The molecule has 4 nitrogen and oxygen atoms in total. The van der Waals surface area contributed by atoms with E-state index < -0.39 is 0 Å². The summed E-state index contributed by atoms with van der Waals surface area (Å²) in [5, 5.41) is 5.73. The van der Waals surface area contributed by atoms with Gasteiger partial charge in [-0.05, 0) is 30.5 Å². The fraction of sp³-hybridized carbons (Fsp3) is 0.500. The Balaban J connectivity index is 1.58. The van der Waals surface area contributed by atoms with Gasteiger partial charge in [0.25, 0.3) is 0 Å². The molecule has 1 N–H and O–H groups in total. The molecule has 1 heterocycles. The Morgan fingerprint density at radius 3 is 2.62 bits per heavy atom. The molecule has 6 heteroatoms. The molecule has 1 aliphatic carbocycles. The molecule has 1 amide bonds. The summed E-state index contributed by atoms with van der Waals surface area (Å²) in [4.78, 5) is 18.2. The van der Waals surface area contributed by atoms with Crippen molar-refractivity contribution in [1.29, 1.82) is 0 Å². The number of aromatic nitrogens is 1. The monoisotopic (exact) mass is 391 g/mol. The zero-order valence-corrected chi connectivity index (χ0v) is 16.8. The average Bonchev–Trinajstić information content (AvgIpc) is 2.84. The minimum Gasteiger partial charge on any atom is -0.352 e. The van der Waals surface area contributed by atoms with Crippen LogP contribution in [0.5, 0.6) is 0 Å². The number of nitrogens with one attached hydrogen (secondary N) is 1. The van der Waals surface area contributed by atoms with Crippen LogP contribution in [0.25, 0.3) is 0 Å². The lowest BCUT2D eigenvalue weighted by molar-refractivity contribution is -0.120. The van der Waals surface area contributed by atoms with Crippen LogP contribution in [-0.4, -0.2) is 16.5 Å². The van der Waals surface area contributed by atoms with E-state index in [0.717, 1.165) is 16.1 Å². The summed E-state index contributed by atoms with van der Waals surface area (Å²) in [5.74, 6) is 0.0226. The van der Waals surface area contributed by atoms with Crippen LogP contribution >= 0.6 is 22.9 Å². The van der Waals surface area contributed by atoms with E-state index >= 15 is 0 Å². The number of hydrogen-bond acceptors (Lipinski definition) is 3. The highest BCUT2D eigenvalue weighted by Crippen LogP contribution is 2.19. The van der Waals surface area contributed by atoms with Gasteiger partial charge in [0, 0.05) is 29.7 Å². The Labute approximate surface area is 163 Å². The Morgan fingerprint density at radius 1 is 1.23 bits per heavy atom. The number of halogens is 1. The number of carbonyl (C=O) groups is 1. The second-order valence-corrected chi connectivity index (χ2v) is 8.20. The number of amides is 1. The quantitative estimate of drug-likeness (QED) is 0.762. The summed E-state index contributed by atoms with van der Waals surface area (Å²) in [6, 6.07) is 7.97. The van der Waals surface area contributed by atoms with Gasteiger partial charge in [0.2, 0.25) is 5.91 Å². The highest BCUT2D eigenvalue weighted by molar-refractivity contribution is 7.07. The minimum atomic E-state index is 0.0226. The van der Waals surface area contributed by atoms with Crippen molar-refractivity contribution in [3.8, 4) is 0 Å². The second-order valence-electron chi connectivity index (χ2n) is 6.92. The van der Waals surface area contributed by atoms with Gasteiger partial charge in [0.05, 0.1) is 12.5 Å². The molecule has 2 aromatic rings. The Morgan fingerprint density at radius 2 is 1.92 bits per heavy atom. The van der Waals surface area contributed by atoms with E-state index in [1.165, 1.54) is 38.5 Å². The SMILES string of the molecule is Cn1c(CC(=O)NCc2ccc(Cl)cc2)csc1=NC1CCCCCC1. The Kier molecular flexibility index (Phi) is 6.92. The molecular weight excluding hydrogens is 366 g/mol. The van der Waals surface area contributed by atoms with E-state index in [9.17, 15) is 4.79 Å². The van der Waals surface area contributed by atoms with Crippen LogP contribution in [-0.2, 0) is 24.8 Å². The van der Waals surface area contributed by atoms with Crippen LogP contribution in [0.4, 0.5) is 0 Å². The summed E-state index contributed by atoms with van der Waals surface area (Å²) in [6.45, 7) is 0.517. The van der Waals surface area contributed by atoms with Crippen molar-refractivity contribution >= 4 is 28.8 Å². The molecule has 0 aliphatic heterocycles. The van der Waals surface area contributed by atoms with Crippen molar-refractivity contribution in [2.45, 2.75) is 57.5 Å². The maximum atomic E-state index is 12.3. The smallest absolute Gasteiger partial charge is 0.226 e. The summed E-state index contributed by atoms with van der Waals surface area (Å²) in [6.07, 6.45) is 7.99. The molecule has 0 radical (unpaired) electrons. The van der Waals surface area contributed by atoms with E-state index in [0.29, 0.717) is 24.0 Å². The minimum absolute atomic E-state index is 0.0226. The second kappa shape index (κ2) is 9.38. The predicted octanol–water partition coefficient (Wildman–Crippen LogP) is 4.22. The van der Waals surface area contributed by atoms with Crippen molar-refractivity contribution in [3.05, 3.63) is 50.7 Å². The van der Waals surface area contributed by atoms with Crippen molar-refractivity contribution in [2.75, 3.05) is 0 Å². The lowest BCUT2D eigenvalue weighted by Crippen LogP contribution is -2.26. The summed E-state index contributed by atoms with van der Waals surface area (Å²) >= 11 is 7.52. The van der Waals surface area contributed by atoms with E-state index in [-0.39, 0.29) is 5.91 Å². The van der Waals surface area contributed by atoms with Crippen LogP contribution in [0.15, 0.2) is 34.6 Å². The first-order valence-corrected chi connectivity index (χ1v) is 10.6. The van der Waals surface area contributed by atoms with Crippen LogP contribution in [0, 0.1) is 0 Å². The zero-order chi connectivity index (χ0) is 18.4. The van der Waals surface area contributed by atoms with Crippen molar-refractivity contribution in [1.82, 2.24) is 9.88 Å². The van der Waals surface area contributed by atoms with E-state index in [1.807, 2.05) is 31.3 Å². The maximum Gasteiger partial charge on any atom is 0.226 e. The van der Waals surface area contributed by atoms with Crippen LogP contribution in [0.1, 0.15) is 49.8 Å². The largest absolute Gasteiger partial charge is 0.352 e. The molecule has 0 saturated heterocycles. The fourth-order valence-corrected chi connectivity index (χ4v) is 4.35. The first kappa shape index (κ1) is 19.2. The van der Waals surface area contributed by atoms with Gasteiger partial charge >= 0.3 is 0 Å². The number of thiazole rings is 1. The molecule has 1 aliphatic rings. The third-order valence-corrected chi connectivity index (χ3v) is 6.11.